The Morgan fingerprint density at radius 1 is 1.33 bits per heavy atom. The van der Waals surface area contributed by atoms with Gasteiger partial charge in [-0.05, 0) is 30.9 Å². The minimum absolute atomic E-state index is 0.0991. The number of para-hydroxylation sites is 1. The summed E-state index contributed by atoms with van der Waals surface area (Å²) >= 11 is 0. The summed E-state index contributed by atoms with van der Waals surface area (Å²) in [6, 6.07) is 4.34. The number of hydrogen-bond donors (Lipinski definition) is 3. The smallest absolute Gasteiger partial charge is 0.255 e. The standard InChI is InChI=1S/C13H17NO4/c15-11-3-1-2-10(12(11)16)13(17)14-8-9-4-6-18-7-5-9/h1-3,9,15-16H,4-8H2,(H,14,17). The summed E-state index contributed by atoms with van der Waals surface area (Å²) < 4.78 is 5.24. The number of amides is 1. The van der Waals surface area contributed by atoms with Gasteiger partial charge in [-0.2, -0.15) is 0 Å². The van der Waals surface area contributed by atoms with Crippen molar-refractivity contribution in [1.29, 1.82) is 0 Å². The maximum absolute atomic E-state index is 11.8. The van der Waals surface area contributed by atoms with Crippen LogP contribution in [-0.2, 0) is 4.74 Å². The Balaban J connectivity index is 1.93. The second-order valence-electron chi connectivity index (χ2n) is 4.44. The second kappa shape index (κ2) is 5.73. The summed E-state index contributed by atoms with van der Waals surface area (Å²) in [5, 5.41) is 21.7. The van der Waals surface area contributed by atoms with Crippen LogP contribution in [0.25, 0.3) is 0 Å². The third-order valence-corrected chi connectivity index (χ3v) is 3.15. The lowest BCUT2D eigenvalue weighted by atomic mass is 10.0. The molecule has 1 aromatic carbocycles. The Bertz CT molecular complexity index is 427. The molecule has 0 bridgehead atoms. The van der Waals surface area contributed by atoms with Crippen LogP contribution in [0.5, 0.6) is 11.5 Å². The van der Waals surface area contributed by atoms with Gasteiger partial charge < -0.3 is 20.3 Å². The number of benzene rings is 1. The Hall–Kier alpha value is -1.75. The normalized spacial score (nSPS) is 16.4. The summed E-state index contributed by atoms with van der Waals surface area (Å²) in [5.74, 6) is -0.604. The number of aromatic hydroxyl groups is 2. The zero-order chi connectivity index (χ0) is 13.0. The van der Waals surface area contributed by atoms with Crippen LogP contribution in [0, 0.1) is 5.92 Å². The molecule has 1 aliphatic rings. The molecule has 1 heterocycles. The van der Waals surface area contributed by atoms with Crippen LogP contribution >= 0.6 is 0 Å². The number of carbonyl (C=O) groups is 1. The van der Waals surface area contributed by atoms with E-state index in [-0.39, 0.29) is 23.0 Å². The zero-order valence-electron chi connectivity index (χ0n) is 10.1. The Morgan fingerprint density at radius 3 is 2.78 bits per heavy atom. The summed E-state index contributed by atoms with van der Waals surface area (Å²) in [6.45, 7) is 2.03. The van der Waals surface area contributed by atoms with E-state index in [4.69, 9.17) is 4.74 Å². The summed E-state index contributed by atoms with van der Waals surface area (Å²) in [4.78, 5) is 11.8. The zero-order valence-corrected chi connectivity index (χ0v) is 10.1. The van der Waals surface area contributed by atoms with Crippen LogP contribution in [0.1, 0.15) is 23.2 Å². The number of carbonyl (C=O) groups excluding carboxylic acids is 1. The van der Waals surface area contributed by atoms with E-state index < -0.39 is 0 Å². The largest absolute Gasteiger partial charge is 0.504 e. The molecule has 0 saturated carbocycles. The van der Waals surface area contributed by atoms with Crippen LogP contribution in [0.2, 0.25) is 0 Å². The Morgan fingerprint density at radius 2 is 2.06 bits per heavy atom. The lowest BCUT2D eigenvalue weighted by molar-refractivity contribution is 0.0642. The minimum atomic E-state index is -0.373. The molecular weight excluding hydrogens is 234 g/mol. The van der Waals surface area contributed by atoms with Crippen molar-refractivity contribution < 1.29 is 19.7 Å². The van der Waals surface area contributed by atoms with Crippen molar-refractivity contribution in [1.82, 2.24) is 5.32 Å². The van der Waals surface area contributed by atoms with Crippen molar-refractivity contribution in [2.24, 2.45) is 5.92 Å². The molecule has 3 N–H and O–H groups in total. The quantitative estimate of drug-likeness (QED) is 0.706. The van der Waals surface area contributed by atoms with Gasteiger partial charge in [0.2, 0.25) is 0 Å². The number of ether oxygens (including phenoxy) is 1. The molecule has 2 rings (SSSR count). The molecule has 5 nitrogen and oxygen atoms in total. The predicted molar refractivity (Wildman–Crippen MR) is 65.6 cm³/mol. The Labute approximate surface area is 105 Å². The van der Waals surface area contributed by atoms with Gasteiger partial charge in [0.25, 0.3) is 5.91 Å². The first-order valence-electron chi connectivity index (χ1n) is 6.05. The molecule has 98 valence electrons. The first-order chi connectivity index (χ1) is 8.68. The topological polar surface area (TPSA) is 78.8 Å². The van der Waals surface area contributed by atoms with Crippen LogP contribution in [0.4, 0.5) is 0 Å². The molecule has 5 heteroatoms. The van der Waals surface area contributed by atoms with E-state index in [0.29, 0.717) is 12.5 Å². The Kier molecular flexibility index (Phi) is 4.04. The van der Waals surface area contributed by atoms with Gasteiger partial charge in [0.05, 0.1) is 5.56 Å². The van der Waals surface area contributed by atoms with Crippen molar-refractivity contribution in [2.75, 3.05) is 19.8 Å². The molecule has 1 amide bonds. The molecular formula is C13H17NO4. The van der Waals surface area contributed by atoms with Crippen molar-refractivity contribution >= 4 is 5.91 Å². The molecule has 18 heavy (non-hydrogen) atoms. The number of rotatable bonds is 3. The van der Waals surface area contributed by atoms with Crippen molar-refractivity contribution in [3.63, 3.8) is 0 Å². The average Bonchev–Trinajstić information content (AvgIpc) is 2.40. The van der Waals surface area contributed by atoms with E-state index in [1.165, 1.54) is 18.2 Å². The van der Waals surface area contributed by atoms with E-state index in [1.807, 2.05) is 0 Å². The van der Waals surface area contributed by atoms with E-state index in [1.54, 1.807) is 0 Å². The molecule has 0 spiro atoms. The van der Waals surface area contributed by atoms with Crippen molar-refractivity contribution in [3.05, 3.63) is 23.8 Å². The predicted octanol–water partition coefficient (Wildman–Crippen LogP) is 1.25. The highest BCUT2D eigenvalue weighted by atomic mass is 16.5. The maximum atomic E-state index is 11.8. The first-order valence-corrected chi connectivity index (χ1v) is 6.05. The molecule has 1 aromatic rings. The van der Waals surface area contributed by atoms with Crippen molar-refractivity contribution in [2.45, 2.75) is 12.8 Å². The molecule has 0 aromatic heterocycles. The highest BCUT2D eigenvalue weighted by Crippen LogP contribution is 2.28. The van der Waals surface area contributed by atoms with Gasteiger partial charge in [0.15, 0.2) is 11.5 Å². The van der Waals surface area contributed by atoms with E-state index in [0.717, 1.165) is 26.1 Å². The van der Waals surface area contributed by atoms with Gasteiger partial charge in [-0.25, -0.2) is 0 Å². The fourth-order valence-corrected chi connectivity index (χ4v) is 2.00. The van der Waals surface area contributed by atoms with Gasteiger partial charge in [-0.3, -0.25) is 4.79 Å². The second-order valence-corrected chi connectivity index (χ2v) is 4.44. The SMILES string of the molecule is O=C(NCC1CCOCC1)c1cccc(O)c1O. The fraction of sp³-hybridized carbons (Fsp3) is 0.462. The maximum Gasteiger partial charge on any atom is 0.255 e. The van der Waals surface area contributed by atoms with Gasteiger partial charge in [-0.15, -0.1) is 0 Å². The van der Waals surface area contributed by atoms with E-state index >= 15 is 0 Å². The van der Waals surface area contributed by atoms with Crippen LogP contribution in [0.15, 0.2) is 18.2 Å². The molecule has 0 unspecified atom stereocenters. The van der Waals surface area contributed by atoms with Gasteiger partial charge in [0, 0.05) is 19.8 Å². The van der Waals surface area contributed by atoms with Crippen molar-refractivity contribution in [3.8, 4) is 11.5 Å². The highest BCUT2D eigenvalue weighted by molar-refractivity contribution is 5.97. The third-order valence-electron chi connectivity index (χ3n) is 3.15. The molecule has 1 fully saturated rings. The molecule has 0 radical (unpaired) electrons. The number of nitrogens with one attached hydrogen (secondary N) is 1. The molecule has 1 saturated heterocycles. The summed E-state index contributed by atoms with van der Waals surface area (Å²) in [7, 11) is 0. The number of phenolic OH excluding ortho intramolecular Hbond substituents is 2. The number of hydrogen-bond acceptors (Lipinski definition) is 4. The van der Waals surface area contributed by atoms with Crippen LogP contribution < -0.4 is 5.32 Å². The lowest BCUT2D eigenvalue weighted by Crippen LogP contribution is -2.32. The molecule has 0 atom stereocenters. The van der Waals surface area contributed by atoms with Crippen LogP contribution in [0.3, 0.4) is 0 Å². The third kappa shape index (κ3) is 2.92. The monoisotopic (exact) mass is 251 g/mol. The fourth-order valence-electron chi connectivity index (χ4n) is 2.00. The van der Waals surface area contributed by atoms with E-state index in [2.05, 4.69) is 5.32 Å². The summed E-state index contributed by atoms with van der Waals surface area (Å²) in [6.07, 6.45) is 1.87. The summed E-state index contributed by atoms with van der Waals surface area (Å²) in [5.41, 5.74) is 0.0991. The first kappa shape index (κ1) is 12.7. The van der Waals surface area contributed by atoms with Gasteiger partial charge >= 0.3 is 0 Å². The molecule has 1 aliphatic heterocycles. The van der Waals surface area contributed by atoms with E-state index in [9.17, 15) is 15.0 Å². The molecule has 0 aliphatic carbocycles. The minimum Gasteiger partial charge on any atom is -0.504 e. The van der Waals surface area contributed by atoms with Crippen LogP contribution in [-0.4, -0.2) is 35.9 Å². The average molecular weight is 251 g/mol. The number of phenols is 2. The van der Waals surface area contributed by atoms with Gasteiger partial charge in [-0.1, -0.05) is 6.07 Å². The van der Waals surface area contributed by atoms with Gasteiger partial charge in [0.1, 0.15) is 0 Å². The lowest BCUT2D eigenvalue weighted by Gasteiger charge is -2.22. The highest BCUT2D eigenvalue weighted by Gasteiger charge is 2.17.